The zero-order valence-corrected chi connectivity index (χ0v) is 28.8. The molecular formula is C36H41ClF3N7O4. The second-order valence-corrected chi connectivity index (χ2v) is 14.5. The molecule has 51 heavy (non-hydrogen) atoms. The summed E-state index contributed by atoms with van der Waals surface area (Å²) in [5, 5.41) is 10.9. The summed E-state index contributed by atoms with van der Waals surface area (Å²) in [6.07, 6.45) is 0.748. The molecule has 3 atom stereocenters. The number of aromatic amines is 1. The van der Waals surface area contributed by atoms with Crippen molar-refractivity contribution in [3.63, 3.8) is 0 Å². The lowest BCUT2D eigenvalue weighted by molar-refractivity contribution is -0.140. The number of nitrogen functional groups attached to an aromatic ring is 1. The molecule has 2 amide bonds. The van der Waals surface area contributed by atoms with Gasteiger partial charge in [-0.3, -0.25) is 14.3 Å². The number of carboxylic acid groups (broad SMARTS) is 1. The van der Waals surface area contributed by atoms with Crippen molar-refractivity contribution in [1.29, 1.82) is 0 Å². The van der Waals surface area contributed by atoms with Crippen LogP contribution in [0.4, 0.5) is 23.7 Å². The van der Waals surface area contributed by atoms with Crippen LogP contribution in [0.3, 0.4) is 0 Å². The molecule has 3 aliphatic rings. The third-order valence-corrected chi connectivity index (χ3v) is 11.4. The van der Waals surface area contributed by atoms with Crippen LogP contribution in [0.1, 0.15) is 62.1 Å². The minimum Gasteiger partial charge on any atom is -0.465 e. The molecule has 0 saturated carbocycles. The van der Waals surface area contributed by atoms with Crippen molar-refractivity contribution in [1.82, 2.24) is 29.2 Å². The Morgan fingerprint density at radius 3 is 2.43 bits per heavy atom. The molecule has 4 aromatic rings. The Hall–Kier alpha value is -4.30. The molecule has 5 heterocycles. The predicted molar refractivity (Wildman–Crippen MR) is 188 cm³/mol. The standard InChI is InChI=1S/C36H41ClF3N7O4/c37-27-18-21(17-26(31(27)41)36(38,39)40)16-25(33(48)45-13-8-22(9-14-45)44-11-4-1-5-12-44)29-19-23(10-15-46(29)35(50)51)47-30-20-42-28-7-3-2-6-24(28)32(30)43-34(47)49/h2-3,6-7,17-18,20,22-23,25,29H,1,4-5,8-16,19,41H2,(H,43,49)(H,50,51)/t23?,25?,29-/m0/s1. The Morgan fingerprint density at radius 2 is 1.73 bits per heavy atom. The number of para-hydroxylation sites is 1. The van der Waals surface area contributed by atoms with Gasteiger partial charge in [0.15, 0.2) is 0 Å². The third kappa shape index (κ3) is 6.87. The molecule has 0 radical (unpaired) electrons. The summed E-state index contributed by atoms with van der Waals surface area (Å²) in [6, 6.07) is 8.48. The van der Waals surface area contributed by atoms with Crippen LogP contribution in [-0.4, -0.2) is 91.1 Å². The molecule has 0 spiro atoms. The van der Waals surface area contributed by atoms with Crippen LogP contribution in [0.5, 0.6) is 0 Å². The summed E-state index contributed by atoms with van der Waals surface area (Å²) in [6.45, 7) is 2.97. The second-order valence-electron chi connectivity index (χ2n) is 14.1. The Balaban J connectivity index is 1.25. The van der Waals surface area contributed by atoms with E-state index in [9.17, 15) is 32.7 Å². The molecule has 7 rings (SSSR count). The van der Waals surface area contributed by atoms with E-state index < -0.39 is 47.2 Å². The number of nitrogens with two attached hydrogens (primary N) is 1. The first-order chi connectivity index (χ1) is 24.4. The summed E-state index contributed by atoms with van der Waals surface area (Å²) in [7, 11) is 0. The van der Waals surface area contributed by atoms with Crippen LogP contribution in [0.25, 0.3) is 21.9 Å². The molecule has 3 saturated heterocycles. The quantitative estimate of drug-likeness (QED) is 0.202. The number of anilines is 1. The van der Waals surface area contributed by atoms with E-state index in [0.29, 0.717) is 35.7 Å². The number of nitrogens with zero attached hydrogens (tertiary/aromatic N) is 5. The number of fused-ring (bicyclic) bond motifs is 3. The smallest absolute Gasteiger partial charge is 0.418 e. The van der Waals surface area contributed by atoms with E-state index in [4.69, 9.17) is 17.3 Å². The van der Waals surface area contributed by atoms with Gasteiger partial charge in [-0.15, -0.1) is 0 Å². The Morgan fingerprint density at radius 1 is 1.02 bits per heavy atom. The van der Waals surface area contributed by atoms with Crippen molar-refractivity contribution >= 4 is 51.2 Å². The number of hydrogen-bond donors (Lipinski definition) is 3. The number of benzene rings is 2. The molecule has 2 aromatic carbocycles. The van der Waals surface area contributed by atoms with E-state index in [1.807, 2.05) is 24.3 Å². The number of halogens is 4. The molecule has 11 nitrogen and oxygen atoms in total. The summed E-state index contributed by atoms with van der Waals surface area (Å²) in [4.78, 5) is 53.8. The molecule has 0 bridgehead atoms. The number of aromatic nitrogens is 3. The van der Waals surface area contributed by atoms with Crippen LogP contribution in [0, 0.1) is 5.92 Å². The van der Waals surface area contributed by atoms with Crippen LogP contribution in [0.15, 0.2) is 47.4 Å². The third-order valence-electron chi connectivity index (χ3n) is 11.1. The summed E-state index contributed by atoms with van der Waals surface area (Å²) >= 11 is 6.22. The van der Waals surface area contributed by atoms with Gasteiger partial charge in [0, 0.05) is 43.1 Å². The van der Waals surface area contributed by atoms with Crippen molar-refractivity contribution in [2.45, 2.75) is 75.7 Å². The summed E-state index contributed by atoms with van der Waals surface area (Å²) < 4.78 is 43.7. The van der Waals surface area contributed by atoms with E-state index >= 15 is 0 Å². The minimum absolute atomic E-state index is 0.0158. The molecule has 0 aliphatic carbocycles. The fraction of sp³-hybridized carbons (Fsp3) is 0.500. The Bertz CT molecular complexity index is 2000. The van der Waals surface area contributed by atoms with Crippen molar-refractivity contribution in [2.24, 2.45) is 5.92 Å². The highest BCUT2D eigenvalue weighted by atomic mass is 35.5. The lowest BCUT2D eigenvalue weighted by Crippen LogP contribution is -2.56. The number of nitrogens with one attached hydrogen (secondary N) is 1. The van der Waals surface area contributed by atoms with Crippen LogP contribution in [0.2, 0.25) is 5.02 Å². The van der Waals surface area contributed by atoms with Gasteiger partial charge in [0.05, 0.1) is 44.9 Å². The number of imidazole rings is 1. The van der Waals surface area contributed by atoms with Gasteiger partial charge in [0.25, 0.3) is 0 Å². The number of pyridine rings is 1. The maximum absolute atomic E-state index is 14.6. The van der Waals surface area contributed by atoms with E-state index in [1.54, 1.807) is 15.7 Å². The largest absolute Gasteiger partial charge is 0.465 e. The molecule has 4 N–H and O–H groups in total. The monoisotopic (exact) mass is 727 g/mol. The number of likely N-dealkylation sites (tertiary alicyclic amines) is 3. The first kappa shape index (κ1) is 35.1. The summed E-state index contributed by atoms with van der Waals surface area (Å²) in [5.74, 6) is -1.39. The van der Waals surface area contributed by atoms with Crippen molar-refractivity contribution in [3.05, 3.63) is 69.2 Å². The average Bonchev–Trinajstić information content (AvgIpc) is 3.47. The second kappa shape index (κ2) is 14.0. The van der Waals surface area contributed by atoms with E-state index in [0.717, 1.165) is 50.2 Å². The van der Waals surface area contributed by atoms with Gasteiger partial charge in [-0.1, -0.05) is 36.2 Å². The van der Waals surface area contributed by atoms with Crippen molar-refractivity contribution in [3.8, 4) is 0 Å². The molecule has 2 aromatic heterocycles. The number of rotatable bonds is 6. The van der Waals surface area contributed by atoms with Gasteiger partial charge >= 0.3 is 18.0 Å². The van der Waals surface area contributed by atoms with E-state index in [1.165, 1.54) is 17.4 Å². The van der Waals surface area contributed by atoms with Gasteiger partial charge in [-0.05, 0) is 81.8 Å². The maximum atomic E-state index is 14.6. The molecule has 3 fully saturated rings. The number of piperidine rings is 3. The lowest BCUT2D eigenvalue weighted by Gasteiger charge is -2.45. The fourth-order valence-electron chi connectivity index (χ4n) is 8.55. The van der Waals surface area contributed by atoms with Crippen LogP contribution in [-0.2, 0) is 17.4 Å². The highest BCUT2D eigenvalue weighted by molar-refractivity contribution is 6.33. The normalized spacial score (nSPS) is 21.7. The first-order valence-corrected chi connectivity index (χ1v) is 17.9. The zero-order chi connectivity index (χ0) is 36.0. The van der Waals surface area contributed by atoms with Crippen molar-refractivity contribution < 1.29 is 27.9 Å². The van der Waals surface area contributed by atoms with Crippen LogP contribution < -0.4 is 11.4 Å². The molecule has 272 valence electrons. The molecule has 2 unspecified atom stereocenters. The number of alkyl halides is 3. The highest BCUT2D eigenvalue weighted by Crippen LogP contribution is 2.40. The molecule has 15 heteroatoms. The highest BCUT2D eigenvalue weighted by Gasteiger charge is 2.44. The summed E-state index contributed by atoms with van der Waals surface area (Å²) in [5.41, 5.74) is 5.59. The van der Waals surface area contributed by atoms with Gasteiger partial charge in [-0.25, -0.2) is 9.59 Å². The zero-order valence-electron chi connectivity index (χ0n) is 28.0. The Labute approximate surface area is 297 Å². The minimum atomic E-state index is -4.79. The lowest BCUT2D eigenvalue weighted by atomic mass is 9.82. The number of hydrogen-bond acceptors (Lipinski definition) is 6. The number of carbonyl (C=O) groups excluding carboxylic acids is 1. The predicted octanol–water partition coefficient (Wildman–Crippen LogP) is 6.15. The number of carbonyl (C=O) groups is 2. The van der Waals surface area contributed by atoms with Gasteiger partial charge < -0.3 is 30.5 Å². The van der Waals surface area contributed by atoms with Gasteiger partial charge in [0.1, 0.15) is 0 Å². The number of amides is 2. The van der Waals surface area contributed by atoms with Gasteiger partial charge in [0.2, 0.25) is 5.91 Å². The van der Waals surface area contributed by atoms with E-state index in [2.05, 4.69) is 14.9 Å². The van der Waals surface area contributed by atoms with E-state index in [-0.39, 0.29) is 42.3 Å². The average molecular weight is 728 g/mol. The Kier molecular flexibility index (Phi) is 9.65. The topological polar surface area (TPSA) is 141 Å². The van der Waals surface area contributed by atoms with Crippen LogP contribution >= 0.6 is 11.6 Å². The molecular weight excluding hydrogens is 687 g/mol. The maximum Gasteiger partial charge on any atom is 0.418 e. The number of H-pyrrole nitrogens is 1. The molecule has 3 aliphatic heterocycles. The van der Waals surface area contributed by atoms with Gasteiger partial charge in [-0.2, -0.15) is 13.2 Å². The van der Waals surface area contributed by atoms with Crippen molar-refractivity contribution in [2.75, 3.05) is 38.5 Å². The fourth-order valence-corrected chi connectivity index (χ4v) is 8.79. The SMILES string of the molecule is Nc1c(Cl)cc(CC(C(=O)N2CCC(N3CCCCC3)CC2)[C@@H]2CC(n3c(=O)[nH]c4c5ccccc5ncc43)CCN2C(=O)O)cc1C(F)(F)F. The first-order valence-electron chi connectivity index (χ1n) is 17.6.